The molecular weight excluding hydrogens is 376 g/mol. The summed E-state index contributed by atoms with van der Waals surface area (Å²) in [6.07, 6.45) is 4.91. The van der Waals surface area contributed by atoms with Crippen molar-refractivity contribution in [1.82, 2.24) is 15.2 Å². The lowest BCUT2D eigenvalue weighted by atomic mass is 9.95. The number of nitrogens with one attached hydrogen (secondary N) is 2. The molecule has 2 aromatic heterocycles. The van der Waals surface area contributed by atoms with Crippen molar-refractivity contribution < 1.29 is 14.3 Å². The van der Waals surface area contributed by atoms with Crippen molar-refractivity contribution in [2.75, 3.05) is 17.7 Å². The van der Waals surface area contributed by atoms with E-state index in [4.69, 9.17) is 4.74 Å². The molecule has 0 unspecified atom stereocenters. The second-order valence-corrected chi connectivity index (χ2v) is 7.68. The van der Waals surface area contributed by atoms with E-state index in [1.54, 1.807) is 6.92 Å². The third-order valence-electron chi connectivity index (χ3n) is 3.80. The highest BCUT2D eigenvalue weighted by molar-refractivity contribution is 7.99. The molecule has 0 saturated heterocycles. The Hall–Kier alpha value is -2.20. The Morgan fingerprint density at radius 2 is 2.19 bits per heavy atom. The zero-order chi connectivity index (χ0) is 18.5. The first-order valence-electron chi connectivity index (χ1n) is 8.24. The highest BCUT2D eigenvalue weighted by Crippen LogP contribution is 2.38. The monoisotopic (exact) mass is 394 g/mol. The number of hydrogen-bond donors (Lipinski definition) is 2. The molecule has 8 nitrogen and oxygen atoms in total. The number of ether oxygens (including phenoxy) is 1. The van der Waals surface area contributed by atoms with Crippen molar-refractivity contribution in [1.29, 1.82) is 0 Å². The molecule has 0 atom stereocenters. The van der Waals surface area contributed by atoms with Crippen molar-refractivity contribution in [3.63, 3.8) is 0 Å². The minimum absolute atomic E-state index is 0.0411. The predicted molar refractivity (Wildman–Crippen MR) is 98.9 cm³/mol. The van der Waals surface area contributed by atoms with Crippen molar-refractivity contribution in [2.45, 2.75) is 37.8 Å². The molecule has 2 heterocycles. The Morgan fingerprint density at radius 3 is 2.96 bits per heavy atom. The third kappa shape index (κ3) is 4.31. The Labute approximate surface area is 157 Å². The van der Waals surface area contributed by atoms with Crippen LogP contribution in [0.2, 0.25) is 0 Å². The maximum absolute atomic E-state index is 12.4. The summed E-state index contributed by atoms with van der Waals surface area (Å²) >= 11 is 2.51. The predicted octanol–water partition coefficient (Wildman–Crippen LogP) is 2.01. The van der Waals surface area contributed by atoms with Crippen molar-refractivity contribution in [2.24, 2.45) is 0 Å². The highest BCUT2D eigenvalue weighted by Gasteiger charge is 2.27. The van der Waals surface area contributed by atoms with Gasteiger partial charge in [-0.15, -0.1) is 16.4 Å². The van der Waals surface area contributed by atoms with Crippen LogP contribution in [0.5, 0.6) is 0 Å². The molecule has 0 saturated carbocycles. The number of aromatic amines is 1. The van der Waals surface area contributed by atoms with E-state index in [2.05, 4.69) is 20.5 Å². The molecule has 10 heteroatoms. The van der Waals surface area contributed by atoms with E-state index in [9.17, 15) is 14.4 Å². The summed E-state index contributed by atoms with van der Waals surface area (Å²) in [5, 5.41) is 10.9. The Bertz CT molecular complexity index is 877. The topological polar surface area (TPSA) is 114 Å². The first-order chi connectivity index (χ1) is 12.6. The van der Waals surface area contributed by atoms with Crippen LogP contribution < -0.4 is 10.9 Å². The van der Waals surface area contributed by atoms with Gasteiger partial charge in [0.25, 0.3) is 5.56 Å². The standard InChI is InChI=1S/C16H18N4O4S2/c1-2-24-15(23)13-9-5-3-4-6-10(9)26-14(13)18-12(22)8-25-16-19-11(21)7-17-20-16/h7H,2-6,8H2,1H3,(H,18,22)(H,19,20,21). The van der Waals surface area contributed by atoms with E-state index in [1.807, 2.05) is 0 Å². The number of fused-ring (bicyclic) bond motifs is 1. The van der Waals surface area contributed by atoms with E-state index >= 15 is 0 Å². The molecule has 0 bridgehead atoms. The van der Waals surface area contributed by atoms with Gasteiger partial charge in [-0.25, -0.2) is 4.79 Å². The average molecular weight is 394 g/mol. The normalized spacial score (nSPS) is 13.1. The molecule has 3 rings (SSSR count). The van der Waals surface area contributed by atoms with Crippen molar-refractivity contribution >= 4 is 40.0 Å². The van der Waals surface area contributed by atoms with Crippen LogP contribution in [0, 0.1) is 0 Å². The highest BCUT2D eigenvalue weighted by atomic mass is 32.2. The summed E-state index contributed by atoms with van der Waals surface area (Å²) in [5.74, 6) is -0.641. The lowest BCUT2D eigenvalue weighted by molar-refractivity contribution is -0.113. The van der Waals surface area contributed by atoms with Crippen LogP contribution in [0.3, 0.4) is 0 Å². The molecule has 0 aromatic carbocycles. The van der Waals surface area contributed by atoms with E-state index in [0.29, 0.717) is 10.6 Å². The summed E-state index contributed by atoms with van der Waals surface area (Å²) < 4.78 is 5.17. The fraction of sp³-hybridized carbons (Fsp3) is 0.438. The average Bonchev–Trinajstić information content (AvgIpc) is 2.98. The maximum atomic E-state index is 12.4. The number of hydrogen-bond acceptors (Lipinski definition) is 8. The number of esters is 1. The molecule has 138 valence electrons. The number of H-pyrrole nitrogens is 1. The zero-order valence-corrected chi connectivity index (χ0v) is 15.8. The van der Waals surface area contributed by atoms with Gasteiger partial charge in [0.2, 0.25) is 5.91 Å². The quantitative estimate of drug-likeness (QED) is 0.569. The van der Waals surface area contributed by atoms with Crippen LogP contribution in [0.25, 0.3) is 0 Å². The van der Waals surface area contributed by atoms with E-state index in [-0.39, 0.29) is 29.0 Å². The van der Waals surface area contributed by atoms with Crippen LogP contribution in [0.4, 0.5) is 5.00 Å². The van der Waals surface area contributed by atoms with Crippen LogP contribution in [-0.2, 0) is 22.4 Å². The Morgan fingerprint density at radius 1 is 1.38 bits per heavy atom. The summed E-state index contributed by atoms with van der Waals surface area (Å²) in [5.41, 5.74) is 1.11. The van der Waals surface area contributed by atoms with Crippen molar-refractivity contribution in [3.05, 3.63) is 32.6 Å². The van der Waals surface area contributed by atoms with Crippen LogP contribution in [0.15, 0.2) is 16.1 Å². The van der Waals surface area contributed by atoms with E-state index in [1.165, 1.54) is 11.3 Å². The minimum Gasteiger partial charge on any atom is -0.462 e. The number of anilines is 1. The lowest BCUT2D eigenvalue weighted by Crippen LogP contribution is -2.17. The summed E-state index contributed by atoms with van der Waals surface area (Å²) in [6.45, 7) is 2.04. The number of amides is 1. The molecule has 0 radical (unpaired) electrons. The van der Waals surface area contributed by atoms with Gasteiger partial charge in [-0.1, -0.05) is 11.8 Å². The molecule has 0 aliphatic heterocycles. The van der Waals surface area contributed by atoms with Crippen LogP contribution >= 0.6 is 23.1 Å². The van der Waals surface area contributed by atoms with Gasteiger partial charge in [-0.3, -0.25) is 14.6 Å². The first-order valence-corrected chi connectivity index (χ1v) is 10.0. The first kappa shape index (κ1) is 18.6. The molecule has 1 aliphatic carbocycles. The number of aromatic nitrogens is 3. The molecule has 1 aliphatic rings. The molecule has 2 aromatic rings. The van der Waals surface area contributed by atoms with E-state index < -0.39 is 5.97 Å². The molecule has 0 spiro atoms. The third-order valence-corrected chi connectivity index (χ3v) is 5.87. The number of thiophene rings is 1. The summed E-state index contributed by atoms with van der Waals surface area (Å²) in [4.78, 5) is 39.5. The fourth-order valence-corrected chi connectivity index (χ4v) is 4.64. The number of thioether (sulfide) groups is 1. The van der Waals surface area contributed by atoms with Crippen LogP contribution in [-0.4, -0.2) is 39.4 Å². The largest absolute Gasteiger partial charge is 0.462 e. The van der Waals surface area contributed by atoms with Crippen molar-refractivity contribution in [3.8, 4) is 0 Å². The fourth-order valence-electron chi connectivity index (χ4n) is 2.73. The zero-order valence-electron chi connectivity index (χ0n) is 14.2. The van der Waals surface area contributed by atoms with Crippen LogP contribution in [0.1, 0.15) is 40.6 Å². The number of carbonyl (C=O) groups excluding carboxylic acids is 2. The molecule has 26 heavy (non-hydrogen) atoms. The van der Waals surface area contributed by atoms with Gasteiger partial charge in [-0.2, -0.15) is 5.10 Å². The molecule has 2 N–H and O–H groups in total. The van der Waals surface area contributed by atoms with Gasteiger partial charge >= 0.3 is 5.97 Å². The van der Waals surface area contributed by atoms with Gasteiger partial charge in [-0.05, 0) is 38.2 Å². The van der Waals surface area contributed by atoms with Gasteiger partial charge in [0.05, 0.1) is 17.9 Å². The Balaban J connectivity index is 1.73. The molecule has 0 fully saturated rings. The van der Waals surface area contributed by atoms with Gasteiger partial charge in [0.1, 0.15) is 11.2 Å². The minimum atomic E-state index is -0.395. The smallest absolute Gasteiger partial charge is 0.341 e. The van der Waals surface area contributed by atoms with Gasteiger partial charge in [0.15, 0.2) is 5.16 Å². The Kier molecular flexibility index (Phi) is 6.04. The second-order valence-electron chi connectivity index (χ2n) is 5.61. The van der Waals surface area contributed by atoms with E-state index in [0.717, 1.165) is 54.1 Å². The summed E-state index contributed by atoms with van der Waals surface area (Å²) in [6, 6.07) is 0. The van der Waals surface area contributed by atoms with Gasteiger partial charge < -0.3 is 10.1 Å². The SMILES string of the molecule is CCOC(=O)c1c(NC(=O)CSc2nncc(=O)[nH]2)sc2c1CCCC2. The van der Waals surface area contributed by atoms with Gasteiger partial charge in [0, 0.05) is 4.88 Å². The number of aryl methyl sites for hydroxylation is 1. The summed E-state index contributed by atoms with van der Waals surface area (Å²) in [7, 11) is 0. The number of rotatable bonds is 6. The second kappa shape index (κ2) is 8.45. The number of nitrogens with zero attached hydrogens (tertiary/aromatic N) is 2. The molecular formula is C16H18N4O4S2. The number of carbonyl (C=O) groups is 2. The lowest BCUT2D eigenvalue weighted by Gasteiger charge is -2.12. The maximum Gasteiger partial charge on any atom is 0.341 e. The molecule has 1 amide bonds.